The van der Waals surface area contributed by atoms with Crippen LogP contribution in [0.4, 0.5) is 13.6 Å². The molecule has 3 aliphatic rings. The molecule has 220 valence electrons. The maximum Gasteiger partial charge on any atom is 0.323 e. The van der Waals surface area contributed by atoms with Crippen LogP contribution in [0.15, 0.2) is 35.5 Å². The fraction of sp³-hybridized carbons (Fsp3) is 0.379. The van der Waals surface area contributed by atoms with Crippen molar-refractivity contribution in [1.29, 1.82) is 0 Å². The highest BCUT2D eigenvalue weighted by atomic mass is 19.1. The Morgan fingerprint density at radius 1 is 1.21 bits per heavy atom. The first-order valence-electron chi connectivity index (χ1n) is 13.4. The van der Waals surface area contributed by atoms with Gasteiger partial charge in [-0.05, 0) is 43.3 Å². The van der Waals surface area contributed by atoms with E-state index < -0.39 is 35.0 Å². The highest BCUT2D eigenvalue weighted by Gasteiger charge is 2.49. The number of imide groups is 1. The molecule has 2 fully saturated rings. The second-order valence-corrected chi connectivity index (χ2v) is 10.4. The summed E-state index contributed by atoms with van der Waals surface area (Å²) in [6.07, 6.45) is 0. The van der Waals surface area contributed by atoms with Gasteiger partial charge in [-0.2, -0.15) is 0 Å². The van der Waals surface area contributed by atoms with Crippen molar-refractivity contribution in [3.05, 3.63) is 64.2 Å². The first kappa shape index (κ1) is 28.8. The van der Waals surface area contributed by atoms with Gasteiger partial charge >= 0.3 is 6.03 Å². The van der Waals surface area contributed by atoms with E-state index in [4.69, 9.17) is 4.74 Å². The lowest BCUT2D eigenvalue weighted by molar-refractivity contribution is -0.122. The number of urea groups is 1. The normalized spacial score (nSPS) is 22.5. The Kier molecular flexibility index (Phi) is 7.74. The third-order valence-corrected chi connectivity index (χ3v) is 7.80. The van der Waals surface area contributed by atoms with Crippen molar-refractivity contribution in [2.45, 2.75) is 32.0 Å². The van der Waals surface area contributed by atoms with Gasteiger partial charge in [0.25, 0.3) is 11.8 Å². The summed E-state index contributed by atoms with van der Waals surface area (Å²) in [5, 5.41) is 17.7. The zero-order valence-electron chi connectivity index (χ0n) is 23.3. The molecule has 42 heavy (non-hydrogen) atoms. The predicted molar refractivity (Wildman–Crippen MR) is 147 cm³/mol. The minimum Gasteiger partial charge on any atom is -0.494 e. The summed E-state index contributed by atoms with van der Waals surface area (Å²) in [6, 6.07) is 6.22. The van der Waals surface area contributed by atoms with Crippen LogP contribution in [-0.4, -0.2) is 95.0 Å². The lowest BCUT2D eigenvalue weighted by atomic mass is 9.98. The van der Waals surface area contributed by atoms with Gasteiger partial charge in [-0.25, -0.2) is 13.6 Å². The van der Waals surface area contributed by atoms with Gasteiger partial charge in [0.15, 0.2) is 17.4 Å². The van der Waals surface area contributed by atoms with Crippen molar-refractivity contribution in [2.24, 2.45) is 5.16 Å². The van der Waals surface area contributed by atoms with E-state index in [9.17, 15) is 24.0 Å². The average Bonchev–Trinajstić information content (AvgIpc) is 3.43. The second-order valence-electron chi connectivity index (χ2n) is 10.4. The number of halogens is 2. The molecule has 3 N–H and O–H groups in total. The fourth-order valence-corrected chi connectivity index (χ4v) is 5.55. The minimum atomic E-state index is -1.86. The zero-order valence-corrected chi connectivity index (χ0v) is 23.3. The smallest absolute Gasteiger partial charge is 0.323 e. The van der Waals surface area contributed by atoms with Gasteiger partial charge in [-0.3, -0.25) is 19.8 Å². The number of nitrogens with zero attached hydrogens (tertiary/aromatic N) is 4. The van der Waals surface area contributed by atoms with E-state index in [2.05, 4.69) is 39.5 Å². The summed E-state index contributed by atoms with van der Waals surface area (Å²) in [6.45, 7) is 6.56. The molecule has 4 amide bonds. The predicted octanol–water partition coefficient (Wildman–Crippen LogP) is 1.72. The molecular formula is C29H30F2N6O5. The number of amides is 4. The molecule has 0 aromatic heterocycles. The minimum absolute atomic E-state index is 0.0122. The van der Waals surface area contributed by atoms with Crippen molar-refractivity contribution in [3.63, 3.8) is 0 Å². The van der Waals surface area contributed by atoms with Gasteiger partial charge in [0.05, 0.1) is 24.8 Å². The SMILES string of the molecule is CCN1CCN(/C(=N\O)c2ccc(C#C[C@]3(CN4Cc5ccc(OC)c(F)c5C4=O)NC(=O)NC3=O)cc2F)[C@@H](C)C1. The number of oxime groups is 1. The Balaban J connectivity index is 1.40. The van der Waals surface area contributed by atoms with Crippen molar-refractivity contribution < 1.29 is 33.1 Å². The number of methoxy groups -OCH3 is 1. The number of likely N-dealkylation sites (N-methyl/N-ethyl adjacent to an activating group) is 1. The fourth-order valence-electron chi connectivity index (χ4n) is 5.55. The Labute approximate surface area is 241 Å². The van der Waals surface area contributed by atoms with E-state index >= 15 is 4.39 Å². The number of rotatable bonds is 5. The molecule has 2 saturated heterocycles. The molecule has 0 aliphatic carbocycles. The second kappa shape index (κ2) is 11.3. The molecular weight excluding hydrogens is 550 g/mol. The number of ether oxygens (including phenoxy) is 1. The molecule has 11 nitrogen and oxygen atoms in total. The maximum absolute atomic E-state index is 15.3. The lowest BCUT2D eigenvalue weighted by Crippen LogP contribution is -2.54. The van der Waals surface area contributed by atoms with Gasteiger partial charge in [-0.15, -0.1) is 0 Å². The summed E-state index contributed by atoms with van der Waals surface area (Å²) in [5.41, 5.74) is -1.38. The molecule has 0 spiro atoms. The number of hydrogen-bond donors (Lipinski definition) is 3. The van der Waals surface area contributed by atoms with Crippen LogP contribution in [0.2, 0.25) is 0 Å². The summed E-state index contributed by atoms with van der Waals surface area (Å²) in [7, 11) is 1.28. The Hall–Kier alpha value is -4.70. The molecule has 2 aromatic rings. The topological polar surface area (TPSA) is 127 Å². The summed E-state index contributed by atoms with van der Waals surface area (Å²) >= 11 is 0. The third-order valence-electron chi connectivity index (χ3n) is 7.80. The number of carbonyl (C=O) groups excluding carboxylic acids is 3. The Morgan fingerprint density at radius 3 is 2.62 bits per heavy atom. The molecule has 0 bridgehead atoms. The summed E-state index contributed by atoms with van der Waals surface area (Å²) in [5.74, 6) is 2.45. The molecule has 3 aliphatic heterocycles. The molecule has 2 atom stereocenters. The monoisotopic (exact) mass is 580 g/mol. The molecule has 2 aromatic carbocycles. The van der Waals surface area contributed by atoms with Crippen molar-refractivity contribution in [2.75, 3.05) is 39.8 Å². The Morgan fingerprint density at radius 2 is 2.00 bits per heavy atom. The van der Waals surface area contributed by atoms with Gasteiger partial charge < -0.3 is 25.1 Å². The van der Waals surface area contributed by atoms with Gasteiger partial charge in [0.2, 0.25) is 5.54 Å². The molecule has 13 heteroatoms. The average molecular weight is 581 g/mol. The third kappa shape index (κ3) is 5.09. The largest absolute Gasteiger partial charge is 0.494 e. The number of carbonyl (C=O) groups is 3. The lowest BCUT2D eigenvalue weighted by Gasteiger charge is -2.40. The first-order valence-corrected chi connectivity index (χ1v) is 13.4. The van der Waals surface area contributed by atoms with Crippen LogP contribution >= 0.6 is 0 Å². The number of hydrogen-bond acceptors (Lipinski definition) is 7. The summed E-state index contributed by atoms with van der Waals surface area (Å²) < 4.78 is 35.1. The number of amidine groups is 1. The van der Waals surface area contributed by atoms with Crippen LogP contribution in [0.5, 0.6) is 5.75 Å². The number of piperazine rings is 1. The maximum atomic E-state index is 15.3. The highest BCUT2D eigenvalue weighted by molar-refractivity contribution is 6.10. The standard InChI is InChI=1S/C29H30F2N6O5/c1-4-35-11-12-37(17(2)14-35)25(34-41)20-7-5-18(13-21(20)30)9-10-29(27(39)32-28(40)33-29)16-36-15-19-6-8-22(42-3)24(31)23(19)26(36)38/h5-8,13,17,41H,4,11-12,14-16H2,1-3H3,(H2,32,33,39,40)/b34-25-/t17-,29+/m0/s1. The van der Waals surface area contributed by atoms with Crippen LogP contribution in [0.25, 0.3) is 0 Å². The number of benzene rings is 2. The molecule has 0 saturated carbocycles. The van der Waals surface area contributed by atoms with Crippen LogP contribution < -0.4 is 15.4 Å². The van der Waals surface area contributed by atoms with E-state index in [1.165, 1.54) is 30.2 Å². The quantitative estimate of drug-likeness (QED) is 0.123. The molecule has 3 heterocycles. The van der Waals surface area contributed by atoms with Crippen LogP contribution in [0, 0.1) is 23.5 Å². The molecule has 5 rings (SSSR count). The van der Waals surface area contributed by atoms with Gasteiger partial charge in [0.1, 0.15) is 5.82 Å². The van der Waals surface area contributed by atoms with Gasteiger partial charge in [-0.1, -0.05) is 30.0 Å². The Bertz CT molecular complexity index is 1550. The van der Waals surface area contributed by atoms with E-state index in [1.807, 2.05) is 11.8 Å². The van der Waals surface area contributed by atoms with Crippen molar-refractivity contribution in [1.82, 2.24) is 25.3 Å². The van der Waals surface area contributed by atoms with E-state index in [0.29, 0.717) is 12.1 Å². The molecule has 0 unspecified atom stereocenters. The highest BCUT2D eigenvalue weighted by Crippen LogP contribution is 2.32. The van der Waals surface area contributed by atoms with Crippen LogP contribution in [0.3, 0.4) is 0 Å². The zero-order chi connectivity index (χ0) is 30.2. The van der Waals surface area contributed by atoms with Crippen LogP contribution in [-0.2, 0) is 11.3 Å². The van der Waals surface area contributed by atoms with Crippen molar-refractivity contribution in [3.8, 4) is 17.6 Å². The van der Waals surface area contributed by atoms with E-state index in [-0.39, 0.29) is 47.4 Å². The van der Waals surface area contributed by atoms with E-state index in [0.717, 1.165) is 25.7 Å². The first-order chi connectivity index (χ1) is 20.1. The molecule has 0 radical (unpaired) electrons. The van der Waals surface area contributed by atoms with Gasteiger partial charge in [0, 0.05) is 37.8 Å². The van der Waals surface area contributed by atoms with E-state index in [1.54, 1.807) is 6.07 Å². The number of nitrogens with one attached hydrogen (secondary N) is 2. The van der Waals surface area contributed by atoms with Crippen molar-refractivity contribution >= 4 is 23.7 Å². The van der Waals surface area contributed by atoms with Crippen LogP contribution in [0.1, 0.15) is 40.9 Å². The number of fused-ring (bicyclic) bond motifs is 1. The summed E-state index contributed by atoms with van der Waals surface area (Å²) in [4.78, 5) is 43.4.